The summed E-state index contributed by atoms with van der Waals surface area (Å²) in [6.45, 7) is 8.96. The van der Waals surface area contributed by atoms with Crippen LogP contribution in [0.4, 0.5) is 15.3 Å². The van der Waals surface area contributed by atoms with Gasteiger partial charge in [-0.15, -0.1) is 0 Å². The number of ether oxygens (including phenoxy) is 1. The Labute approximate surface area is 294 Å². The van der Waals surface area contributed by atoms with Crippen LogP contribution in [0.5, 0.6) is 0 Å². The van der Waals surface area contributed by atoms with Gasteiger partial charge in [0, 0.05) is 81.4 Å². The third kappa shape index (κ3) is 7.05. The molecule has 1 saturated carbocycles. The average Bonchev–Trinajstić information content (AvgIpc) is 3.91. The second-order valence-corrected chi connectivity index (χ2v) is 14.9. The molecule has 5 heterocycles. The molecular formula is C38H50N8O4. The summed E-state index contributed by atoms with van der Waals surface area (Å²) in [5.74, 6) is -0.123. The number of carbonyl (C=O) groups is 3. The molecule has 1 aliphatic carbocycles. The first kappa shape index (κ1) is 33.0. The van der Waals surface area contributed by atoms with Crippen LogP contribution in [-0.4, -0.2) is 136 Å². The third-order valence-electron chi connectivity index (χ3n) is 11.8. The number of aromatic nitrogens is 2. The van der Waals surface area contributed by atoms with Crippen LogP contribution in [0.1, 0.15) is 55.2 Å². The number of fused-ring (bicyclic) bond motifs is 2. The maximum absolute atomic E-state index is 14.2. The Hall–Kier alpha value is -4.16. The van der Waals surface area contributed by atoms with Gasteiger partial charge < -0.3 is 29.7 Å². The minimum Gasteiger partial charge on any atom is -0.436 e. The first-order valence-electron chi connectivity index (χ1n) is 18.7. The first-order chi connectivity index (χ1) is 24.4. The Balaban J connectivity index is 0.901. The molecule has 4 amide bonds. The number of rotatable bonds is 7. The van der Waals surface area contributed by atoms with E-state index in [9.17, 15) is 14.4 Å². The maximum atomic E-state index is 14.2. The van der Waals surface area contributed by atoms with Gasteiger partial charge in [-0.3, -0.25) is 14.8 Å². The van der Waals surface area contributed by atoms with E-state index in [1.165, 1.54) is 38.8 Å². The Morgan fingerprint density at radius 1 is 0.840 bits per heavy atom. The van der Waals surface area contributed by atoms with Gasteiger partial charge in [-0.2, -0.15) is 5.10 Å². The lowest BCUT2D eigenvalue weighted by molar-refractivity contribution is -0.143. The topological polar surface area (TPSA) is 117 Å². The van der Waals surface area contributed by atoms with Crippen molar-refractivity contribution in [1.29, 1.82) is 0 Å². The third-order valence-corrected chi connectivity index (χ3v) is 11.8. The molecule has 0 radical (unpaired) electrons. The molecule has 1 atom stereocenters. The Bertz CT molecular complexity index is 1700. The Morgan fingerprint density at radius 3 is 2.30 bits per heavy atom. The molecule has 0 spiro atoms. The zero-order valence-electron chi connectivity index (χ0n) is 29.2. The number of nitrogens with zero attached hydrogens (tertiary/aromatic N) is 6. The Kier molecular flexibility index (Phi) is 9.39. The first-order valence-corrected chi connectivity index (χ1v) is 18.7. The predicted octanol–water partition coefficient (Wildman–Crippen LogP) is 4.24. The van der Waals surface area contributed by atoms with E-state index in [1.54, 1.807) is 11.1 Å². The minimum absolute atomic E-state index is 0.0349. The van der Waals surface area contributed by atoms with Crippen molar-refractivity contribution in [1.82, 2.24) is 34.7 Å². The number of hydrogen-bond acceptors (Lipinski definition) is 7. The van der Waals surface area contributed by atoms with E-state index >= 15 is 0 Å². The predicted molar refractivity (Wildman–Crippen MR) is 191 cm³/mol. The number of carbonyl (C=O) groups excluding carboxylic acids is 3. The molecule has 0 bridgehead atoms. The number of anilines is 1. The number of amides is 4. The monoisotopic (exact) mass is 682 g/mol. The summed E-state index contributed by atoms with van der Waals surface area (Å²) in [4.78, 5) is 51.8. The minimum atomic E-state index is -0.924. The summed E-state index contributed by atoms with van der Waals surface area (Å²) in [7, 11) is 0. The fourth-order valence-corrected chi connectivity index (χ4v) is 8.69. The van der Waals surface area contributed by atoms with Crippen LogP contribution in [0.15, 0.2) is 42.6 Å². The van der Waals surface area contributed by atoms with Gasteiger partial charge in [0.2, 0.25) is 0 Å². The number of benzene rings is 2. The second-order valence-electron chi connectivity index (χ2n) is 14.9. The van der Waals surface area contributed by atoms with Crippen molar-refractivity contribution in [2.75, 3.05) is 64.2 Å². The SMILES string of the molecule is Cc1cc(CC(OC(=O)N2CCC(N3CCc4ccccc4NC3=O)CC2)C(=O)N2CCN(C3CCN(C4CC4)CC3)CC2)cc2cn[nH]c12. The highest BCUT2D eigenvalue weighted by molar-refractivity contribution is 5.91. The number of urea groups is 1. The molecule has 2 N–H and O–H groups in total. The number of likely N-dealkylation sites (tertiary alicyclic amines) is 2. The number of hydrogen-bond donors (Lipinski definition) is 2. The lowest BCUT2D eigenvalue weighted by atomic mass is 10.0. The van der Waals surface area contributed by atoms with Crippen LogP contribution in [-0.2, 0) is 22.4 Å². The van der Waals surface area contributed by atoms with Crippen LogP contribution in [0.3, 0.4) is 0 Å². The molecule has 12 heteroatoms. The van der Waals surface area contributed by atoms with Crippen LogP contribution in [0.2, 0.25) is 0 Å². The molecule has 1 aromatic heterocycles. The molecule has 12 nitrogen and oxygen atoms in total. The van der Waals surface area contributed by atoms with Crippen LogP contribution >= 0.6 is 0 Å². The van der Waals surface area contributed by atoms with E-state index in [-0.39, 0.29) is 18.0 Å². The maximum Gasteiger partial charge on any atom is 0.410 e. The van der Waals surface area contributed by atoms with Crippen LogP contribution < -0.4 is 5.32 Å². The summed E-state index contributed by atoms with van der Waals surface area (Å²) in [5, 5.41) is 11.3. The number of piperazine rings is 1. The molecular weight excluding hydrogens is 632 g/mol. The van der Waals surface area contributed by atoms with Gasteiger partial charge in [-0.1, -0.05) is 24.3 Å². The molecule has 3 aromatic rings. The van der Waals surface area contributed by atoms with Crippen LogP contribution in [0.25, 0.3) is 10.9 Å². The number of H-pyrrole nitrogens is 1. The van der Waals surface area contributed by atoms with E-state index in [2.05, 4.69) is 37.4 Å². The highest BCUT2D eigenvalue weighted by Gasteiger charge is 2.38. The number of nitrogens with one attached hydrogen (secondary N) is 2. The van der Waals surface area contributed by atoms with Crippen LogP contribution in [0, 0.1) is 6.92 Å². The van der Waals surface area contributed by atoms with Gasteiger partial charge in [0.1, 0.15) is 0 Å². The van der Waals surface area contributed by atoms with Crippen molar-refractivity contribution < 1.29 is 19.1 Å². The fraction of sp³-hybridized carbons (Fsp3) is 0.579. The van der Waals surface area contributed by atoms with Gasteiger partial charge in [0.05, 0.1) is 11.7 Å². The number of para-hydroxylation sites is 1. The summed E-state index contributed by atoms with van der Waals surface area (Å²) >= 11 is 0. The largest absolute Gasteiger partial charge is 0.436 e. The standard InChI is InChI=1S/C38H50N8O4/c1-26-22-27(23-29-25-39-41-35(26)29)24-34(36(47)44-20-18-43(19-21-44)31-9-13-42(14-10-31)30-6-7-30)50-38(49)45-15-11-32(12-16-45)46-17-8-28-4-2-3-5-33(28)40-37(46)48/h2-5,22-23,25,30-32,34H,6-21,24H2,1H3,(H,39,41)(H,40,48). The van der Waals surface area contributed by atoms with Crippen molar-refractivity contribution in [2.24, 2.45) is 0 Å². The van der Waals surface area contributed by atoms with Gasteiger partial charge >= 0.3 is 12.1 Å². The lowest BCUT2D eigenvalue weighted by Gasteiger charge is -2.43. The normalized spacial score (nSPS) is 22.3. The molecule has 5 aliphatic rings. The highest BCUT2D eigenvalue weighted by atomic mass is 16.6. The van der Waals surface area contributed by atoms with Crippen molar-refractivity contribution in [3.8, 4) is 0 Å². The second kappa shape index (κ2) is 14.2. The van der Waals surface area contributed by atoms with E-state index in [0.717, 1.165) is 58.8 Å². The molecule has 50 heavy (non-hydrogen) atoms. The summed E-state index contributed by atoms with van der Waals surface area (Å²) in [5.41, 5.74) is 4.96. The lowest BCUT2D eigenvalue weighted by Crippen LogP contribution is -2.56. The summed E-state index contributed by atoms with van der Waals surface area (Å²) in [6, 6.07) is 13.4. The van der Waals surface area contributed by atoms with Crippen molar-refractivity contribution in [3.63, 3.8) is 0 Å². The van der Waals surface area contributed by atoms with E-state index < -0.39 is 12.2 Å². The zero-order chi connectivity index (χ0) is 34.2. The van der Waals surface area contributed by atoms with Gasteiger partial charge in [-0.05, 0) is 93.8 Å². The molecule has 3 saturated heterocycles. The van der Waals surface area contributed by atoms with Crippen molar-refractivity contribution in [2.45, 2.75) is 82.5 Å². The van der Waals surface area contributed by atoms with Gasteiger partial charge in [0.15, 0.2) is 6.10 Å². The summed E-state index contributed by atoms with van der Waals surface area (Å²) in [6.07, 6.45) is 7.94. The number of aryl methyl sites for hydroxylation is 1. The smallest absolute Gasteiger partial charge is 0.410 e. The molecule has 2 aromatic carbocycles. The Morgan fingerprint density at radius 2 is 1.54 bits per heavy atom. The molecule has 266 valence electrons. The van der Waals surface area contributed by atoms with E-state index in [1.807, 2.05) is 41.0 Å². The summed E-state index contributed by atoms with van der Waals surface area (Å²) < 4.78 is 6.15. The van der Waals surface area contributed by atoms with E-state index in [0.29, 0.717) is 58.0 Å². The van der Waals surface area contributed by atoms with Crippen molar-refractivity contribution in [3.05, 3.63) is 59.3 Å². The fourth-order valence-electron chi connectivity index (χ4n) is 8.69. The van der Waals surface area contributed by atoms with Gasteiger partial charge in [-0.25, -0.2) is 9.59 Å². The quantitative estimate of drug-likeness (QED) is 0.383. The zero-order valence-corrected chi connectivity index (χ0v) is 29.2. The molecule has 1 unspecified atom stereocenters. The molecule has 8 rings (SSSR count). The average molecular weight is 683 g/mol. The molecule has 4 fully saturated rings. The number of aromatic amines is 1. The van der Waals surface area contributed by atoms with E-state index in [4.69, 9.17) is 4.74 Å². The number of piperidine rings is 2. The van der Waals surface area contributed by atoms with Crippen molar-refractivity contribution >= 4 is 34.6 Å². The highest BCUT2D eigenvalue weighted by Crippen LogP contribution is 2.31. The molecule has 4 aliphatic heterocycles. The van der Waals surface area contributed by atoms with Gasteiger partial charge in [0.25, 0.3) is 5.91 Å².